The Morgan fingerprint density at radius 2 is 1.62 bits per heavy atom. The van der Waals surface area contributed by atoms with Gasteiger partial charge >= 0.3 is 165 Å². The number of rotatable bonds is 2. The maximum atomic E-state index is 2.50. The Balaban J connectivity index is 1.83. The second kappa shape index (κ2) is 6.31. The molecule has 0 radical (unpaired) electrons. The fraction of sp³-hybridized carbons (Fsp3) is 0.200. The summed E-state index contributed by atoms with van der Waals surface area (Å²) in [6, 6.07) is 22.3. The molecule has 0 aliphatic heterocycles. The van der Waals surface area contributed by atoms with E-state index in [0.29, 0.717) is 4.59 Å². The van der Waals surface area contributed by atoms with Crippen molar-refractivity contribution in [2.45, 2.75) is 30.8 Å². The summed E-state index contributed by atoms with van der Waals surface area (Å²) in [5, 5.41) is 0. The van der Waals surface area contributed by atoms with E-state index in [9.17, 15) is 0 Å². The van der Waals surface area contributed by atoms with Crippen LogP contribution in [-0.4, -0.2) is 17.7 Å². The van der Waals surface area contributed by atoms with E-state index in [2.05, 4.69) is 91.4 Å². The van der Waals surface area contributed by atoms with E-state index in [1.54, 1.807) is 11.1 Å². The second-order valence-electron chi connectivity index (χ2n) is 7.77. The number of fused-ring (bicyclic) bond motifs is 2. The molecule has 3 aromatic rings. The van der Waals surface area contributed by atoms with Gasteiger partial charge in [-0.3, -0.25) is 0 Å². The molecule has 2 aliphatic carbocycles. The molecule has 2 aliphatic rings. The first-order chi connectivity index (χ1) is 12.7. The van der Waals surface area contributed by atoms with Gasteiger partial charge < -0.3 is 0 Å². The van der Waals surface area contributed by atoms with Gasteiger partial charge in [-0.25, -0.2) is 0 Å². The van der Waals surface area contributed by atoms with Gasteiger partial charge in [-0.1, -0.05) is 0 Å². The zero-order chi connectivity index (χ0) is 17.7. The number of allylic oxidation sites excluding steroid dienone is 1. The van der Waals surface area contributed by atoms with E-state index < -0.39 is 0 Å². The number of hydrogen-bond acceptors (Lipinski definition) is 0. The average Bonchev–Trinajstić information content (AvgIpc) is 3.26. The fourth-order valence-electron chi connectivity index (χ4n) is 4.77. The first kappa shape index (κ1) is 16.2. The Labute approximate surface area is 165 Å². The van der Waals surface area contributed by atoms with Crippen LogP contribution in [0.15, 0.2) is 66.2 Å². The molecule has 0 heterocycles. The van der Waals surface area contributed by atoms with E-state index in [0.717, 1.165) is 0 Å². The van der Waals surface area contributed by atoms with Crippen LogP contribution in [0.5, 0.6) is 0 Å². The predicted molar refractivity (Wildman–Crippen MR) is 111 cm³/mol. The molecule has 0 N–H and O–H groups in total. The predicted octanol–water partition coefficient (Wildman–Crippen LogP) is 6.14. The third kappa shape index (κ3) is 2.44. The molecule has 0 bridgehead atoms. The quantitative estimate of drug-likeness (QED) is 0.496. The molecule has 3 aromatic carbocycles. The van der Waals surface area contributed by atoms with Gasteiger partial charge in [0, 0.05) is 0 Å². The molecule has 5 rings (SSSR count). The van der Waals surface area contributed by atoms with Crippen molar-refractivity contribution in [1.82, 2.24) is 0 Å². The summed E-state index contributed by atoms with van der Waals surface area (Å²) < 4.78 is 0.540. The summed E-state index contributed by atoms with van der Waals surface area (Å²) >= 11 is 2.35. The third-order valence-electron chi connectivity index (χ3n) is 6.28. The summed E-state index contributed by atoms with van der Waals surface area (Å²) in [5.74, 6) is 0. The normalized spacial score (nSPS) is 17.8. The summed E-state index contributed by atoms with van der Waals surface area (Å²) in [5.41, 5.74) is 13.2. The Bertz CT molecular complexity index is 1030. The Morgan fingerprint density at radius 1 is 0.885 bits per heavy atom. The Morgan fingerprint density at radius 3 is 2.42 bits per heavy atom. The van der Waals surface area contributed by atoms with Crippen molar-refractivity contribution in [2.24, 2.45) is 0 Å². The first-order valence-electron chi connectivity index (χ1n) is 9.75. The van der Waals surface area contributed by atoms with Crippen molar-refractivity contribution < 1.29 is 0 Å². The van der Waals surface area contributed by atoms with Gasteiger partial charge in [-0.2, -0.15) is 0 Å². The molecule has 0 nitrogen and oxygen atoms in total. The minimum atomic E-state index is 0.540. The zero-order valence-corrected chi connectivity index (χ0v) is 15.5. The van der Waals surface area contributed by atoms with Crippen molar-refractivity contribution in [2.75, 3.05) is 0 Å². The minimum absolute atomic E-state index is 0.540. The van der Waals surface area contributed by atoms with Crippen LogP contribution in [0.25, 0.3) is 28.3 Å². The summed E-state index contributed by atoms with van der Waals surface area (Å²) in [4.78, 5) is 0. The monoisotopic (exact) mass is 328 g/mol. The SMILES string of the molecule is [Li][CH]1C(C)=Cc2c1cc1c(c2-c2ccccc2-c2ccccc2)CCC1. The van der Waals surface area contributed by atoms with Crippen LogP contribution < -0.4 is 0 Å². The first-order valence-corrected chi connectivity index (χ1v) is 9.75. The van der Waals surface area contributed by atoms with Crippen molar-refractivity contribution in [1.29, 1.82) is 0 Å². The van der Waals surface area contributed by atoms with E-state index in [-0.39, 0.29) is 0 Å². The van der Waals surface area contributed by atoms with Gasteiger partial charge in [0.2, 0.25) is 0 Å². The van der Waals surface area contributed by atoms with E-state index in [4.69, 9.17) is 0 Å². The van der Waals surface area contributed by atoms with Crippen LogP contribution in [0.4, 0.5) is 0 Å². The van der Waals surface area contributed by atoms with Crippen LogP contribution in [-0.2, 0) is 12.8 Å². The molecule has 26 heavy (non-hydrogen) atoms. The number of benzene rings is 3. The summed E-state index contributed by atoms with van der Waals surface area (Å²) in [6.45, 7) is 2.28. The molecular formula is C25H21Li. The fourth-order valence-corrected chi connectivity index (χ4v) is 4.77. The van der Waals surface area contributed by atoms with Crippen molar-refractivity contribution >= 4 is 23.8 Å². The Kier molecular flexibility index (Phi) is 3.93. The second-order valence-corrected chi connectivity index (χ2v) is 7.77. The van der Waals surface area contributed by atoms with Crippen molar-refractivity contribution in [3.8, 4) is 22.3 Å². The molecular weight excluding hydrogens is 307 g/mol. The molecule has 122 valence electrons. The summed E-state index contributed by atoms with van der Waals surface area (Å²) in [6.07, 6.45) is 6.17. The van der Waals surface area contributed by atoms with Gasteiger partial charge in [-0.05, 0) is 0 Å². The maximum absolute atomic E-state index is 2.50. The standard InChI is InChI=1S/C25H21.Li/c1-17-14-20-16-19-10-7-13-22(19)25(24(20)15-17)23-12-6-5-11-21(23)18-8-3-2-4-9-18;/h2-6,8-9,11-12,14-16H,7,10,13H2,1H3;. The van der Waals surface area contributed by atoms with Crippen LogP contribution in [0.3, 0.4) is 0 Å². The topological polar surface area (TPSA) is 0 Å². The molecule has 0 spiro atoms. The van der Waals surface area contributed by atoms with Crippen molar-refractivity contribution in [3.05, 3.63) is 88.5 Å². The molecule has 1 heteroatoms. The molecule has 0 amide bonds. The third-order valence-corrected chi connectivity index (χ3v) is 6.28. The van der Waals surface area contributed by atoms with Gasteiger partial charge in [0.1, 0.15) is 0 Å². The van der Waals surface area contributed by atoms with Gasteiger partial charge in [0.05, 0.1) is 0 Å². The van der Waals surface area contributed by atoms with Crippen LogP contribution in [0, 0.1) is 0 Å². The van der Waals surface area contributed by atoms with Gasteiger partial charge in [0.25, 0.3) is 0 Å². The molecule has 1 unspecified atom stereocenters. The molecule has 1 atom stereocenters. The van der Waals surface area contributed by atoms with E-state index >= 15 is 0 Å². The van der Waals surface area contributed by atoms with Gasteiger partial charge in [-0.15, -0.1) is 0 Å². The molecule has 0 saturated heterocycles. The molecule has 0 aromatic heterocycles. The zero-order valence-electron chi connectivity index (χ0n) is 15.5. The van der Waals surface area contributed by atoms with Crippen LogP contribution >= 0.6 is 0 Å². The van der Waals surface area contributed by atoms with E-state index in [1.165, 1.54) is 58.2 Å². The van der Waals surface area contributed by atoms with Crippen LogP contribution in [0.1, 0.15) is 40.2 Å². The molecule has 0 saturated carbocycles. The molecule has 0 fully saturated rings. The van der Waals surface area contributed by atoms with Crippen LogP contribution in [0.2, 0.25) is 0 Å². The summed E-state index contributed by atoms with van der Waals surface area (Å²) in [7, 11) is 0. The van der Waals surface area contributed by atoms with Gasteiger partial charge in [0.15, 0.2) is 0 Å². The number of hydrogen-bond donors (Lipinski definition) is 0. The van der Waals surface area contributed by atoms with E-state index in [1.807, 2.05) is 0 Å². The average molecular weight is 328 g/mol. The van der Waals surface area contributed by atoms with Crippen molar-refractivity contribution in [3.63, 3.8) is 0 Å². The Hall–Kier alpha value is -2.00. The number of aryl methyl sites for hydroxylation is 1.